The van der Waals surface area contributed by atoms with Crippen molar-refractivity contribution < 1.29 is 4.74 Å². The second-order valence-electron chi connectivity index (χ2n) is 5.73. The van der Waals surface area contributed by atoms with Gasteiger partial charge in [0, 0.05) is 7.11 Å². The number of hydrogen-bond acceptors (Lipinski definition) is 3. The average molecular weight is 362 g/mol. The molecule has 0 aliphatic heterocycles. The highest BCUT2D eigenvalue weighted by Gasteiger charge is 2.39. The van der Waals surface area contributed by atoms with Gasteiger partial charge in [0.15, 0.2) is 5.82 Å². The van der Waals surface area contributed by atoms with Crippen molar-refractivity contribution in [2.45, 2.75) is 58.0 Å². The zero-order chi connectivity index (χ0) is 14.8. The van der Waals surface area contributed by atoms with Gasteiger partial charge in [-0.15, -0.1) is 0 Å². The molecule has 1 aromatic heterocycles. The van der Waals surface area contributed by atoms with Crippen LogP contribution in [0.1, 0.15) is 57.5 Å². The maximum atomic E-state index is 6.27. The van der Waals surface area contributed by atoms with Crippen LogP contribution in [0, 0.1) is 5.92 Å². The molecule has 0 unspecified atom stereocenters. The van der Waals surface area contributed by atoms with E-state index < -0.39 is 0 Å². The molecule has 0 amide bonds. The van der Waals surface area contributed by atoms with Gasteiger partial charge in [0.05, 0.1) is 10.2 Å². The Morgan fingerprint density at radius 1 is 1.35 bits per heavy atom. The predicted octanol–water partition coefficient (Wildman–Crippen LogP) is 4.90. The number of nitrogens with zero attached hydrogens (tertiary/aromatic N) is 2. The van der Waals surface area contributed by atoms with Gasteiger partial charge in [-0.25, -0.2) is 9.97 Å². The summed E-state index contributed by atoms with van der Waals surface area (Å²) in [6, 6.07) is 0. The van der Waals surface area contributed by atoms with E-state index in [0.29, 0.717) is 5.15 Å². The van der Waals surface area contributed by atoms with Gasteiger partial charge in [0.1, 0.15) is 10.8 Å². The van der Waals surface area contributed by atoms with Crippen LogP contribution >= 0.6 is 27.5 Å². The molecular weight excluding hydrogens is 340 g/mol. The van der Waals surface area contributed by atoms with Gasteiger partial charge in [-0.3, -0.25) is 0 Å². The van der Waals surface area contributed by atoms with E-state index in [0.717, 1.165) is 60.4 Å². The summed E-state index contributed by atoms with van der Waals surface area (Å²) < 4.78 is 6.66. The molecule has 0 aromatic carbocycles. The van der Waals surface area contributed by atoms with Gasteiger partial charge in [-0.1, -0.05) is 31.9 Å². The Morgan fingerprint density at radius 2 is 2.00 bits per heavy atom. The van der Waals surface area contributed by atoms with Gasteiger partial charge >= 0.3 is 0 Å². The van der Waals surface area contributed by atoms with Crippen molar-refractivity contribution in [3.05, 3.63) is 21.1 Å². The van der Waals surface area contributed by atoms with Crippen LogP contribution in [-0.2, 0) is 16.8 Å². The zero-order valence-corrected chi connectivity index (χ0v) is 14.7. The molecule has 0 spiro atoms. The fourth-order valence-corrected chi connectivity index (χ4v) is 3.38. The fourth-order valence-electron chi connectivity index (χ4n) is 2.82. The van der Waals surface area contributed by atoms with E-state index in [9.17, 15) is 0 Å². The summed E-state index contributed by atoms with van der Waals surface area (Å²) >= 11 is 9.76. The Labute approximate surface area is 134 Å². The van der Waals surface area contributed by atoms with E-state index in [2.05, 4.69) is 34.8 Å². The molecular formula is C15H22BrClN2O. The summed E-state index contributed by atoms with van der Waals surface area (Å²) in [5, 5.41) is 0.494. The quantitative estimate of drug-likeness (QED) is 0.716. The number of methoxy groups -OCH3 is 1. The van der Waals surface area contributed by atoms with Crippen LogP contribution in [0.15, 0.2) is 4.47 Å². The highest BCUT2D eigenvalue weighted by atomic mass is 79.9. The molecule has 112 valence electrons. The number of ether oxygens (including phenoxy) is 1. The molecule has 1 fully saturated rings. The van der Waals surface area contributed by atoms with Crippen molar-refractivity contribution >= 4 is 27.5 Å². The molecule has 5 heteroatoms. The highest BCUT2D eigenvalue weighted by molar-refractivity contribution is 9.10. The second-order valence-corrected chi connectivity index (χ2v) is 6.88. The molecule has 2 rings (SSSR count). The smallest absolute Gasteiger partial charge is 0.162 e. The second kappa shape index (κ2) is 6.71. The molecule has 1 heterocycles. The predicted molar refractivity (Wildman–Crippen MR) is 85.1 cm³/mol. The van der Waals surface area contributed by atoms with Crippen molar-refractivity contribution in [3.63, 3.8) is 0 Å². The molecule has 0 bridgehead atoms. The first-order chi connectivity index (χ1) is 9.52. The Morgan fingerprint density at radius 3 is 2.55 bits per heavy atom. The van der Waals surface area contributed by atoms with Gasteiger partial charge < -0.3 is 4.74 Å². The lowest BCUT2D eigenvalue weighted by atomic mass is 9.79. The van der Waals surface area contributed by atoms with Crippen molar-refractivity contribution in [1.29, 1.82) is 0 Å². The van der Waals surface area contributed by atoms with E-state index in [1.165, 1.54) is 0 Å². The van der Waals surface area contributed by atoms with Crippen LogP contribution in [0.4, 0.5) is 0 Å². The number of hydrogen-bond donors (Lipinski definition) is 0. The van der Waals surface area contributed by atoms with Crippen LogP contribution < -0.4 is 0 Å². The van der Waals surface area contributed by atoms with E-state index in [1.807, 2.05) is 0 Å². The van der Waals surface area contributed by atoms with Crippen molar-refractivity contribution in [2.75, 3.05) is 7.11 Å². The van der Waals surface area contributed by atoms with Crippen LogP contribution in [0.2, 0.25) is 5.15 Å². The molecule has 1 aliphatic carbocycles. The van der Waals surface area contributed by atoms with Gasteiger partial charge in [-0.05, 0) is 54.0 Å². The molecule has 20 heavy (non-hydrogen) atoms. The fraction of sp³-hybridized carbons (Fsp3) is 0.733. The van der Waals surface area contributed by atoms with Gasteiger partial charge in [0.25, 0.3) is 0 Å². The monoisotopic (exact) mass is 360 g/mol. The van der Waals surface area contributed by atoms with Crippen LogP contribution in [-0.4, -0.2) is 17.1 Å². The lowest BCUT2D eigenvalue weighted by Crippen LogP contribution is -2.35. The van der Waals surface area contributed by atoms with E-state index in [1.54, 1.807) is 7.11 Å². The minimum absolute atomic E-state index is 0.362. The molecule has 3 nitrogen and oxygen atoms in total. The summed E-state index contributed by atoms with van der Waals surface area (Å²) in [5.41, 5.74) is 0.622. The molecule has 1 saturated carbocycles. The zero-order valence-electron chi connectivity index (χ0n) is 12.4. The van der Waals surface area contributed by atoms with E-state index in [-0.39, 0.29) is 5.60 Å². The average Bonchev–Trinajstić information content (AvgIpc) is 2.45. The van der Waals surface area contributed by atoms with Gasteiger partial charge in [0.2, 0.25) is 0 Å². The SMILES string of the molecule is CCCc1nc(C2(OC)CCC(C)CC2)nc(Cl)c1Br. The lowest BCUT2D eigenvalue weighted by Gasteiger charge is -2.37. The van der Waals surface area contributed by atoms with Gasteiger partial charge in [-0.2, -0.15) is 0 Å². The molecule has 0 radical (unpaired) electrons. The first kappa shape index (κ1) is 16.2. The minimum atomic E-state index is -0.362. The number of rotatable bonds is 4. The van der Waals surface area contributed by atoms with Crippen molar-refractivity contribution in [1.82, 2.24) is 9.97 Å². The maximum absolute atomic E-state index is 6.27. The third-order valence-corrected chi connectivity index (χ3v) is 5.58. The first-order valence-corrected chi connectivity index (χ1v) is 8.47. The summed E-state index contributed by atoms with van der Waals surface area (Å²) in [6.45, 7) is 4.42. The van der Waals surface area contributed by atoms with E-state index >= 15 is 0 Å². The Bertz CT molecular complexity index is 473. The molecule has 1 aliphatic rings. The van der Waals surface area contributed by atoms with Crippen LogP contribution in [0.25, 0.3) is 0 Å². The number of aryl methyl sites for hydroxylation is 1. The minimum Gasteiger partial charge on any atom is -0.370 e. The van der Waals surface area contributed by atoms with Crippen LogP contribution in [0.3, 0.4) is 0 Å². The summed E-state index contributed by atoms with van der Waals surface area (Å²) in [6.07, 6.45) is 6.15. The Kier molecular flexibility index (Phi) is 5.43. The molecule has 0 N–H and O–H groups in total. The standard InChI is InChI=1S/C15H22BrClN2O/c1-4-5-11-12(16)13(17)19-14(18-11)15(20-3)8-6-10(2)7-9-15/h10H,4-9H2,1-3H3. The molecule has 0 atom stereocenters. The largest absolute Gasteiger partial charge is 0.370 e. The Balaban J connectivity index is 2.39. The number of halogens is 2. The van der Waals surface area contributed by atoms with Crippen LogP contribution in [0.5, 0.6) is 0 Å². The summed E-state index contributed by atoms with van der Waals surface area (Å²) in [7, 11) is 1.76. The Hall–Kier alpha value is -0.190. The third kappa shape index (κ3) is 3.18. The lowest BCUT2D eigenvalue weighted by molar-refractivity contribution is -0.0599. The maximum Gasteiger partial charge on any atom is 0.162 e. The summed E-state index contributed by atoms with van der Waals surface area (Å²) in [4.78, 5) is 9.24. The van der Waals surface area contributed by atoms with Crippen molar-refractivity contribution in [2.24, 2.45) is 5.92 Å². The summed E-state index contributed by atoms with van der Waals surface area (Å²) in [5.74, 6) is 1.50. The first-order valence-electron chi connectivity index (χ1n) is 7.30. The normalized spacial score (nSPS) is 26.8. The number of aromatic nitrogens is 2. The van der Waals surface area contributed by atoms with Crippen molar-refractivity contribution in [3.8, 4) is 0 Å². The molecule has 1 aromatic rings. The van der Waals surface area contributed by atoms with E-state index in [4.69, 9.17) is 21.3 Å². The highest BCUT2D eigenvalue weighted by Crippen LogP contribution is 2.41. The third-order valence-electron chi connectivity index (χ3n) is 4.25. The molecule has 0 saturated heterocycles. The topological polar surface area (TPSA) is 35.0 Å².